The van der Waals surface area contributed by atoms with E-state index < -0.39 is 0 Å². The molecule has 0 aromatic heterocycles. The molecule has 2 aromatic carbocycles. The van der Waals surface area contributed by atoms with Gasteiger partial charge < -0.3 is 9.84 Å². The van der Waals surface area contributed by atoms with Crippen LogP contribution in [0.1, 0.15) is 11.1 Å². The molecule has 0 radical (unpaired) electrons. The smallest absolute Gasteiger partial charge is 0.126 e. The average molecular weight is 281 g/mol. The minimum absolute atomic E-state index is 0.123. The highest BCUT2D eigenvalue weighted by Gasteiger charge is 2.01. The van der Waals surface area contributed by atoms with E-state index in [1.807, 2.05) is 30.3 Å². The normalized spacial score (nSPS) is 10.3. The van der Waals surface area contributed by atoms with E-state index >= 15 is 0 Å². The van der Waals surface area contributed by atoms with E-state index in [-0.39, 0.29) is 12.3 Å². The largest absolute Gasteiger partial charge is 0.507 e. The molecule has 0 saturated heterocycles. The fourth-order valence-corrected chi connectivity index (χ4v) is 1.76. The zero-order valence-electron chi connectivity index (χ0n) is 11.4. The van der Waals surface area contributed by atoms with Gasteiger partial charge in [0.15, 0.2) is 0 Å². The number of hydrogen-bond acceptors (Lipinski definition) is 3. The molecule has 0 bridgehead atoms. The summed E-state index contributed by atoms with van der Waals surface area (Å²) in [7, 11) is 0. The number of rotatable bonds is 6. The molecule has 0 unspecified atom stereocenters. The van der Waals surface area contributed by atoms with Crippen LogP contribution in [0.25, 0.3) is 16.5 Å². The predicted molar refractivity (Wildman–Crippen MR) is 81.9 cm³/mol. The second-order valence-corrected chi connectivity index (χ2v) is 4.31. The molecular weight excluding hydrogens is 266 g/mol. The van der Waals surface area contributed by atoms with Crippen LogP contribution in [0.2, 0.25) is 0 Å². The van der Waals surface area contributed by atoms with Crippen LogP contribution < -0.4 is 4.74 Å². The lowest BCUT2D eigenvalue weighted by atomic mass is 10.1. The van der Waals surface area contributed by atoms with Crippen molar-refractivity contribution in [2.45, 2.75) is 6.61 Å². The van der Waals surface area contributed by atoms with Gasteiger partial charge in [0.05, 0.1) is 0 Å². The van der Waals surface area contributed by atoms with Crippen molar-refractivity contribution < 1.29 is 9.84 Å². The van der Waals surface area contributed by atoms with Gasteiger partial charge in [0.1, 0.15) is 18.1 Å². The third-order valence-electron chi connectivity index (χ3n) is 2.80. The van der Waals surface area contributed by atoms with Crippen LogP contribution in [0.3, 0.4) is 0 Å². The first-order valence-electron chi connectivity index (χ1n) is 6.47. The number of aromatic hydroxyl groups is 1. The standard InChI is InChI=1S/C16H15N3O2/c17-19-18-10-4-7-14-8-9-15(11-16(14)20)21-12-13-5-2-1-3-6-13/h1-9,11,20H,10,12H2. The second-order valence-electron chi connectivity index (χ2n) is 4.31. The fraction of sp³-hybridized carbons (Fsp3) is 0.125. The van der Waals surface area contributed by atoms with E-state index in [2.05, 4.69) is 10.0 Å². The first-order chi connectivity index (χ1) is 10.3. The van der Waals surface area contributed by atoms with Crippen LogP contribution in [0.5, 0.6) is 11.5 Å². The molecule has 5 heteroatoms. The number of benzene rings is 2. The first-order valence-corrected chi connectivity index (χ1v) is 6.47. The summed E-state index contributed by atoms with van der Waals surface area (Å²) in [5.74, 6) is 0.723. The second kappa shape index (κ2) is 7.62. The zero-order chi connectivity index (χ0) is 14.9. The van der Waals surface area contributed by atoms with Gasteiger partial charge in [0.25, 0.3) is 0 Å². The highest BCUT2D eigenvalue weighted by Crippen LogP contribution is 2.25. The topological polar surface area (TPSA) is 78.2 Å². The van der Waals surface area contributed by atoms with Crippen molar-refractivity contribution in [2.24, 2.45) is 5.11 Å². The summed E-state index contributed by atoms with van der Waals surface area (Å²) in [4.78, 5) is 2.65. The molecule has 5 nitrogen and oxygen atoms in total. The molecule has 0 aliphatic heterocycles. The van der Waals surface area contributed by atoms with E-state index in [0.29, 0.717) is 17.9 Å². The van der Waals surface area contributed by atoms with Crippen molar-refractivity contribution in [3.63, 3.8) is 0 Å². The molecule has 0 spiro atoms. The summed E-state index contributed by atoms with van der Waals surface area (Å²) in [6.07, 6.45) is 3.38. The van der Waals surface area contributed by atoms with E-state index in [1.165, 1.54) is 0 Å². The summed E-state index contributed by atoms with van der Waals surface area (Å²) in [6.45, 7) is 0.703. The van der Waals surface area contributed by atoms with Gasteiger partial charge >= 0.3 is 0 Å². The molecular formula is C16H15N3O2. The number of hydrogen-bond donors (Lipinski definition) is 1. The molecule has 106 valence electrons. The van der Waals surface area contributed by atoms with Crippen LogP contribution in [0, 0.1) is 0 Å². The van der Waals surface area contributed by atoms with Crippen LogP contribution in [-0.2, 0) is 6.61 Å². The average Bonchev–Trinajstić information content (AvgIpc) is 2.52. The van der Waals surface area contributed by atoms with Gasteiger partial charge in [-0.25, -0.2) is 0 Å². The molecule has 0 saturated carbocycles. The molecule has 2 aromatic rings. The summed E-state index contributed by atoms with van der Waals surface area (Å²) in [6, 6.07) is 14.9. The number of phenols is 1. The van der Waals surface area contributed by atoms with Crippen LogP contribution >= 0.6 is 0 Å². The maximum absolute atomic E-state index is 9.91. The fourth-order valence-electron chi connectivity index (χ4n) is 1.76. The highest BCUT2D eigenvalue weighted by molar-refractivity contribution is 5.58. The Morgan fingerprint density at radius 2 is 2.00 bits per heavy atom. The van der Waals surface area contributed by atoms with Crippen molar-refractivity contribution in [2.75, 3.05) is 6.54 Å². The number of nitrogens with zero attached hydrogens (tertiary/aromatic N) is 3. The SMILES string of the molecule is [N-]=[N+]=NCC=Cc1ccc(OCc2ccccc2)cc1O. The lowest BCUT2D eigenvalue weighted by molar-refractivity contribution is 0.304. The lowest BCUT2D eigenvalue weighted by Gasteiger charge is -2.08. The molecule has 0 fully saturated rings. The monoisotopic (exact) mass is 281 g/mol. The van der Waals surface area contributed by atoms with Gasteiger partial charge in [-0.15, -0.1) is 0 Å². The molecule has 1 N–H and O–H groups in total. The Hall–Kier alpha value is -2.91. The number of phenolic OH excluding ortho intramolecular Hbond substituents is 1. The maximum atomic E-state index is 9.91. The number of azide groups is 1. The van der Waals surface area contributed by atoms with Gasteiger partial charge in [0, 0.05) is 23.1 Å². The summed E-state index contributed by atoms with van der Waals surface area (Å²) in [5, 5.41) is 13.3. The van der Waals surface area contributed by atoms with Crippen molar-refractivity contribution in [3.05, 3.63) is 76.2 Å². The first kappa shape index (κ1) is 14.5. The summed E-state index contributed by atoms with van der Waals surface area (Å²) >= 11 is 0. The molecule has 0 aliphatic rings. The van der Waals surface area contributed by atoms with Crippen molar-refractivity contribution in [1.82, 2.24) is 0 Å². The number of ether oxygens (including phenoxy) is 1. The Balaban J connectivity index is 1.98. The minimum atomic E-state index is 0.123. The lowest BCUT2D eigenvalue weighted by Crippen LogP contribution is -1.94. The van der Waals surface area contributed by atoms with E-state index in [1.54, 1.807) is 30.4 Å². The summed E-state index contributed by atoms with van der Waals surface area (Å²) < 4.78 is 5.62. The van der Waals surface area contributed by atoms with Crippen LogP contribution in [0.4, 0.5) is 0 Å². The van der Waals surface area contributed by atoms with Crippen LogP contribution in [-0.4, -0.2) is 11.7 Å². The molecule has 0 atom stereocenters. The van der Waals surface area contributed by atoms with Gasteiger partial charge in [-0.3, -0.25) is 0 Å². The van der Waals surface area contributed by atoms with Gasteiger partial charge in [-0.2, -0.15) is 0 Å². The van der Waals surface area contributed by atoms with Crippen molar-refractivity contribution in [1.29, 1.82) is 0 Å². The Labute approximate surface area is 122 Å². The molecule has 0 heterocycles. The third-order valence-corrected chi connectivity index (χ3v) is 2.80. The highest BCUT2D eigenvalue weighted by atomic mass is 16.5. The predicted octanol–water partition coefficient (Wildman–Crippen LogP) is 4.29. The van der Waals surface area contributed by atoms with E-state index in [0.717, 1.165) is 5.56 Å². The Morgan fingerprint density at radius 1 is 1.19 bits per heavy atom. The Morgan fingerprint density at radius 3 is 2.71 bits per heavy atom. The molecule has 0 amide bonds. The zero-order valence-corrected chi connectivity index (χ0v) is 11.4. The quantitative estimate of drug-likeness (QED) is 0.487. The molecule has 0 aliphatic carbocycles. The van der Waals surface area contributed by atoms with Crippen molar-refractivity contribution >= 4 is 6.08 Å². The maximum Gasteiger partial charge on any atom is 0.126 e. The van der Waals surface area contributed by atoms with E-state index in [9.17, 15) is 5.11 Å². The summed E-state index contributed by atoms with van der Waals surface area (Å²) in [5.41, 5.74) is 9.88. The minimum Gasteiger partial charge on any atom is -0.507 e. The van der Waals surface area contributed by atoms with Crippen LogP contribution in [0.15, 0.2) is 59.7 Å². The molecule has 21 heavy (non-hydrogen) atoms. The van der Waals surface area contributed by atoms with Gasteiger partial charge in [-0.1, -0.05) is 47.6 Å². The van der Waals surface area contributed by atoms with E-state index in [4.69, 9.17) is 10.3 Å². The Bertz CT molecular complexity index is 662. The molecule has 2 rings (SSSR count). The Kier molecular flexibility index (Phi) is 5.26. The van der Waals surface area contributed by atoms with Gasteiger partial charge in [0.2, 0.25) is 0 Å². The van der Waals surface area contributed by atoms with Gasteiger partial charge in [-0.05, 0) is 23.2 Å². The third kappa shape index (κ3) is 4.60. The van der Waals surface area contributed by atoms with Crippen molar-refractivity contribution in [3.8, 4) is 11.5 Å².